The molecule has 6 rings (SSSR count). The molecule has 5 aromatic carbocycles. The zero-order valence-corrected chi connectivity index (χ0v) is 31.5. The van der Waals surface area contributed by atoms with Crippen molar-refractivity contribution in [1.82, 2.24) is 0 Å². The molecule has 0 bridgehead atoms. The summed E-state index contributed by atoms with van der Waals surface area (Å²) in [5.41, 5.74) is 11.5. The molecule has 0 N–H and O–H groups in total. The van der Waals surface area contributed by atoms with Crippen LogP contribution in [0.4, 0.5) is 0 Å². The zero-order chi connectivity index (χ0) is 31.1. The molecular weight excluding hydrogens is 659 g/mol. The molecule has 0 amide bonds. The molecule has 0 nitrogen and oxygen atoms in total. The van der Waals surface area contributed by atoms with E-state index in [0.29, 0.717) is 17.8 Å². The normalized spacial score (nSPS) is 11.5. The number of hydrogen-bond acceptors (Lipinski definition) is 0. The van der Waals surface area contributed by atoms with Gasteiger partial charge in [0.1, 0.15) is 0 Å². The number of benzene rings is 4. The van der Waals surface area contributed by atoms with Gasteiger partial charge in [-0.2, -0.15) is 35.5 Å². The first-order valence-electron chi connectivity index (χ1n) is 15.4. The Hall–Kier alpha value is -1.83. The third-order valence-electron chi connectivity index (χ3n) is 8.12. The predicted molar refractivity (Wildman–Crippen MR) is 189 cm³/mol. The number of fused-ring (bicyclic) bond motifs is 4. The van der Waals surface area contributed by atoms with Crippen LogP contribution in [-0.2, 0) is 27.3 Å². The molecule has 0 unspecified atom stereocenters. The summed E-state index contributed by atoms with van der Waals surface area (Å²) < 4.78 is 0. The Labute approximate surface area is 281 Å². The Bertz CT molecular complexity index is 1580. The monoisotopic (exact) mass is 698 g/mol. The molecule has 0 atom stereocenters. The van der Waals surface area contributed by atoms with Crippen LogP contribution in [0.1, 0.15) is 94.9 Å². The summed E-state index contributed by atoms with van der Waals surface area (Å²) in [5, 5.41) is 5.64. The van der Waals surface area contributed by atoms with E-state index in [2.05, 4.69) is 133 Å². The van der Waals surface area contributed by atoms with Crippen molar-refractivity contribution in [1.29, 1.82) is 0 Å². The van der Waals surface area contributed by atoms with Crippen LogP contribution in [-0.4, -0.2) is 9.52 Å². The van der Waals surface area contributed by atoms with Gasteiger partial charge in [-0.1, -0.05) is 119 Å². The van der Waals surface area contributed by atoms with Gasteiger partial charge < -0.3 is 0 Å². The second-order valence-electron chi connectivity index (χ2n) is 12.2. The second-order valence-corrected chi connectivity index (χ2v) is 17.2. The smallest absolute Gasteiger partial charge is 0.0920 e. The first-order valence-corrected chi connectivity index (χ1v) is 22.7. The van der Waals surface area contributed by atoms with Crippen molar-refractivity contribution in [3.05, 3.63) is 113 Å². The summed E-state index contributed by atoms with van der Waals surface area (Å²) in [4.78, 5) is 0. The Kier molecular flexibility index (Phi) is 12.6. The van der Waals surface area contributed by atoms with Crippen LogP contribution in [0.15, 0.2) is 84.9 Å². The number of rotatable bonds is 6. The van der Waals surface area contributed by atoms with Crippen molar-refractivity contribution in [2.24, 2.45) is 0 Å². The summed E-state index contributed by atoms with van der Waals surface area (Å²) in [6.45, 7) is 16.1. The van der Waals surface area contributed by atoms with Crippen LogP contribution >= 0.6 is 17.0 Å². The van der Waals surface area contributed by atoms with Crippen molar-refractivity contribution < 1.29 is 20.8 Å². The minimum absolute atomic E-state index is 0.544. The van der Waals surface area contributed by atoms with Gasteiger partial charge in [-0.05, 0) is 40.9 Å². The van der Waals surface area contributed by atoms with Gasteiger partial charge in [0.2, 0.25) is 0 Å². The molecule has 1 heterocycles. The van der Waals surface area contributed by atoms with Gasteiger partial charge in [-0.3, -0.25) is 0 Å². The van der Waals surface area contributed by atoms with Crippen LogP contribution in [0.3, 0.4) is 0 Å². The van der Waals surface area contributed by atoms with Gasteiger partial charge in [0.05, 0.1) is 9.52 Å². The van der Waals surface area contributed by atoms with E-state index >= 15 is 0 Å². The Balaban J connectivity index is 0.000000217. The summed E-state index contributed by atoms with van der Waals surface area (Å²) in [6, 6.07) is 35.0. The molecule has 0 saturated carbocycles. The Morgan fingerprint density at radius 2 is 1.44 bits per heavy atom. The maximum atomic E-state index is 4.93. The van der Waals surface area contributed by atoms with Gasteiger partial charge in [0.15, 0.2) is 0 Å². The molecule has 4 heteroatoms. The van der Waals surface area contributed by atoms with Crippen molar-refractivity contribution in [2.45, 2.75) is 79.1 Å². The maximum Gasteiger partial charge on any atom is 0.0920 e. The van der Waals surface area contributed by atoms with Crippen molar-refractivity contribution in [3.8, 4) is 22.3 Å². The SMILES string of the molecule is CCCc1ccc2[cH-]c(C(C)C)cc2c1-c1cc(C(C)C)cc(C(C)C)c1.[Cl][Zr+2][Cl].[c-]1cccc2c1[Si]c1ccccc1-2. The summed E-state index contributed by atoms with van der Waals surface area (Å²) in [5.74, 6) is 1.65. The molecule has 0 saturated heterocycles. The molecule has 2 radical (unpaired) electrons. The van der Waals surface area contributed by atoms with E-state index in [4.69, 9.17) is 17.0 Å². The molecule has 43 heavy (non-hydrogen) atoms. The third-order valence-corrected chi connectivity index (χ3v) is 9.49. The summed E-state index contributed by atoms with van der Waals surface area (Å²) in [6.07, 6.45) is 2.31. The average molecular weight is 701 g/mol. The largest absolute Gasteiger partial charge is 0.184 e. The van der Waals surface area contributed by atoms with Crippen LogP contribution < -0.4 is 10.4 Å². The number of hydrogen-bond donors (Lipinski definition) is 0. The molecule has 0 aliphatic carbocycles. The van der Waals surface area contributed by atoms with E-state index in [9.17, 15) is 0 Å². The molecule has 0 fully saturated rings. The van der Waals surface area contributed by atoms with E-state index in [-0.39, 0.29) is 0 Å². The zero-order valence-electron chi connectivity index (χ0n) is 26.5. The van der Waals surface area contributed by atoms with Crippen molar-refractivity contribution in [2.75, 3.05) is 0 Å². The maximum absolute atomic E-state index is 4.93. The minimum atomic E-state index is -0.826. The van der Waals surface area contributed by atoms with E-state index in [1.165, 1.54) is 72.1 Å². The van der Waals surface area contributed by atoms with Crippen LogP contribution in [0, 0.1) is 6.07 Å². The molecule has 1 aliphatic rings. The van der Waals surface area contributed by atoms with Gasteiger partial charge in [-0.15, -0.1) is 40.1 Å². The van der Waals surface area contributed by atoms with Gasteiger partial charge in [0.25, 0.3) is 0 Å². The fraction of sp³-hybridized carbons (Fsp3) is 0.308. The quantitative estimate of drug-likeness (QED) is 0.120. The summed E-state index contributed by atoms with van der Waals surface area (Å²) >= 11 is -0.826. The molecule has 0 spiro atoms. The van der Waals surface area contributed by atoms with Gasteiger partial charge in [0, 0.05) is 0 Å². The summed E-state index contributed by atoms with van der Waals surface area (Å²) in [7, 11) is 10.7. The van der Waals surface area contributed by atoms with Gasteiger partial charge in [-0.25, -0.2) is 0 Å². The molecule has 0 aromatic heterocycles. The minimum Gasteiger partial charge on any atom is -0.184 e. The first kappa shape index (κ1) is 34.1. The van der Waals surface area contributed by atoms with Crippen LogP contribution in [0.5, 0.6) is 0 Å². The van der Waals surface area contributed by atoms with Crippen molar-refractivity contribution >= 4 is 47.7 Å². The first-order chi connectivity index (χ1) is 20.7. The third kappa shape index (κ3) is 8.26. The molecular formula is C39H42Cl2SiZr. The fourth-order valence-electron chi connectivity index (χ4n) is 5.72. The standard InChI is InChI=1S/C27H35.C12H7Si.2ClH.Zr/c1-8-9-20-10-11-21-12-24(19(6)7)16-26(21)27(20)25-14-22(17(2)3)13-23(15-25)18(4)5;1-3-7-11-9(5-1)10-6-2-4-8-12(10)13-11;;;/h10-19H,8-9H2,1-7H3;1-7H;2*1H;/q2*-1;;;+4/p-2. The molecule has 5 aromatic rings. The fourth-order valence-corrected chi connectivity index (χ4v) is 7.03. The number of halogens is 2. The molecule has 1 aliphatic heterocycles. The number of aryl methyl sites for hydroxylation is 1. The van der Waals surface area contributed by atoms with Crippen LogP contribution in [0.25, 0.3) is 33.0 Å². The van der Waals surface area contributed by atoms with E-state index in [0.717, 1.165) is 15.9 Å². The Morgan fingerprint density at radius 1 is 0.791 bits per heavy atom. The van der Waals surface area contributed by atoms with E-state index in [1.807, 2.05) is 6.07 Å². The van der Waals surface area contributed by atoms with Crippen molar-refractivity contribution in [3.63, 3.8) is 0 Å². The van der Waals surface area contributed by atoms with Gasteiger partial charge >= 0.3 is 37.9 Å². The van der Waals surface area contributed by atoms with Crippen LogP contribution in [0.2, 0.25) is 0 Å². The van der Waals surface area contributed by atoms with E-state index < -0.39 is 20.8 Å². The molecule has 220 valence electrons. The average Bonchev–Trinajstić information content (AvgIpc) is 3.60. The second kappa shape index (κ2) is 15.9. The Morgan fingerprint density at radius 3 is 2.07 bits per heavy atom. The van der Waals surface area contributed by atoms with E-state index in [1.54, 1.807) is 0 Å². The topological polar surface area (TPSA) is 0 Å². The predicted octanol–water partition coefficient (Wildman–Crippen LogP) is 11.0.